The molecule has 0 aliphatic heterocycles. The molecule has 3 rings (SSSR count). The Balaban J connectivity index is 2.08. The lowest BCUT2D eigenvalue weighted by Crippen LogP contribution is -2.52. The minimum absolute atomic E-state index is 0.0320. The Hall–Kier alpha value is -3.56. The lowest BCUT2D eigenvalue weighted by atomic mass is 10.1. The molecule has 0 unspecified atom stereocenters. The molecule has 3 aromatic carbocycles. The van der Waals surface area contributed by atoms with Gasteiger partial charge in [-0.1, -0.05) is 54.9 Å². The molecule has 0 fully saturated rings. The number of methoxy groups -OCH3 is 1. The molecule has 1 atom stereocenters. The maximum atomic E-state index is 14.0. The second kappa shape index (κ2) is 13.5. The first-order chi connectivity index (χ1) is 18.6. The van der Waals surface area contributed by atoms with Crippen molar-refractivity contribution < 1.29 is 22.7 Å². The van der Waals surface area contributed by atoms with E-state index < -0.39 is 28.5 Å². The van der Waals surface area contributed by atoms with Crippen molar-refractivity contribution in [3.63, 3.8) is 0 Å². The number of aryl methyl sites for hydroxylation is 1. The van der Waals surface area contributed by atoms with Crippen molar-refractivity contribution in [2.24, 2.45) is 0 Å². The zero-order chi connectivity index (χ0) is 28.6. The molecule has 3 aromatic rings. The highest BCUT2D eigenvalue weighted by molar-refractivity contribution is 7.92. The Kier molecular flexibility index (Phi) is 10.4. The summed E-state index contributed by atoms with van der Waals surface area (Å²) in [6.07, 6.45) is 0.337. The van der Waals surface area contributed by atoms with Crippen LogP contribution in [0.2, 0.25) is 5.02 Å². The van der Waals surface area contributed by atoms with E-state index >= 15 is 0 Å². The second-order valence-electron chi connectivity index (χ2n) is 8.95. The summed E-state index contributed by atoms with van der Waals surface area (Å²) in [6.45, 7) is 5.36. The Labute approximate surface area is 235 Å². The van der Waals surface area contributed by atoms with Gasteiger partial charge in [-0.05, 0) is 67.8 Å². The van der Waals surface area contributed by atoms with Gasteiger partial charge in [0.1, 0.15) is 18.3 Å². The summed E-state index contributed by atoms with van der Waals surface area (Å²) < 4.78 is 34.0. The van der Waals surface area contributed by atoms with E-state index in [4.69, 9.17) is 16.3 Å². The fourth-order valence-corrected chi connectivity index (χ4v) is 5.77. The molecule has 1 N–H and O–H groups in total. The summed E-state index contributed by atoms with van der Waals surface area (Å²) in [6, 6.07) is 19.1. The number of likely N-dealkylation sites (N-methyl/N-ethyl adjacent to an activating group) is 1. The molecule has 8 nitrogen and oxygen atoms in total. The van der Waals surface area contributed by atoms with Gasteiger partial charge in [-0.3, -0.25) is 13.9 Å². The van der Waals surface area contributed by atoms with Crippen molar-refractivity contribution in [3.05, 3.63) is 88.9 Å². The predicted octanol–water partition coefficient (Wildman–Crippen LogP) is 4.80. The lowest BCUT2D eigenvalue weighted by molar-refractivity contribution is -0.140. The van der Waals surface area contributed by atoms with Gasteiger partial charge in [-0.25, -0.2) is 8.42 Å². The number of ether oxygens (including phenoxy) is 1. The molecule has 0 aliphatic rings. The van der Waals surface area contributed by atoms with Crippen LogP contribution in [0.4, 0.5) is 5.69 Å². The van der Waals surface area contributed by atoms with Gasteiger partial charge in [-0.15, -0.1) is 0 Å². The highest BCUT2D eigenvalue weighted by Gasteiger charge is 2.33. The van der Waals surface area contributed by atoms with E-state index in [1.807, 2.05) is 13.0 Å². The number of carbonyl (C=O) groups excluding carboxylic acids is 2. The number of hydrogen-bond donors (Lipinski definition) is 1. The van der Waals surface area contributed by atoms with Gasteiger partial charge >= 0.3 is 0 Å². The van der Waals surface area contributed by atoms with Crippen LogP contribution >= 0.6 is 11.6 Å². The normalized spacial score (nSPS) is 11.9. The summed E-state index contributed by atoms with van der Waals surface area (Å²) in [5.74, 6) is -0.243. The summed E-state index contributed by atoms with van der Waals surface area (Å²) in [4.78, 5) is 28.5. The van der Waals surface area contributed by atoms with Crippen LogP contribution in [-0.2, 0) is 26.2 Å². The van der Waals surface area contributed by atoms with Gasteiger partial charge in [0.05, 0.1) is 17.7 Å². The average Bonchev–Trinajstić information content (AvgIpc) is 2.93. The van der Waals surface area contributed by atoms with Crippen molar-refractivity contribution in [1.29, 1.82) is 0 Å². The highest BCUT2D eigenvalue weighted by Crippen LogP contribution is 2.29. The van der Waals surface area contributed by atoms with Crippen LogP contribution in [0.3, 0.4) is 0 Å². The molecule has 0 heterocycles. The van der Waals surface area contributed by atoms with Crippen LogP contribution in [0.15, 0.2) is 77.7 Å². The number of benzene rings is 3. The number of amides is 2. The molecular weight excluding hydrogens is 538 g/mol. The minimum Gasteiger partial charge on any atom is -0.497 e. The number of nitrogens with one attached hydrogen (secondary N) is 1. The number of halogens is 1. The molecule has 208 valence electrons. The number of sulfonamides is 1. The molecule has 0 spiro atoms. The quantitative estimate of drug-likeness (QED) is 0.337. The maximum Gasteiger partial charge on any atom is 0.264 e. The molecule has 0 saturated heterocycles. The van der Waals surface area contributed by atoms with Crippen molar-refractivity contribution in [1.82, 2.24) is 10.2 Å². The summed E-state index contributed by atoms with van der Waals surface area (Å²) in [5, 5.41) is 3.16. The standard InChI is InChI=1S/C29H34ClN3O5S/c1-5-27(29(35)31-6-2)32(19-22-11-10-12-24(17-22)38-4)28(34)20-33(23-16-15-21(3)26(30)18-23)39(36,37)25-13-8-7-9-14-25/h7-18,27H,5-6,19-20H2,1-4H3,(H,31,35)/t27-/m0/s1. The fourth-order valence-electron chi connectivity index (χ4n) is 4.16. The molecule has 39 heavy (non-hydrogen) atoms. The van der Waals surface area contributed by atoms with E-state index in [-0.39, 0.29) is 23.0 Å². The zero-order valence-corrected chi connectivity index (χ0v) is 24.1. The van der Waals surface area contributed by atoms with E-state index in [2.05, 4.69) is 5.32 Å². The van der Waals surface area contributed by atoms with Gasteiger partial charge in [0.15, 0.2) is 0 Å². The highest BCUT2D eigenvalue weighted by atomic mass is 35.5. The lowest BCUT2D eigenvalue weighted by Gasteiger charge is -2.33. The Morgan fingerprint density at radius 2 is 1.72 bits per heavy atom. The molecular formula is C29H34ClN3O5S. The van der Waals surface area contributed by atoms with Crippen molar-refractivity contribution >= 4 is 39.1 Å². The van der Waals surface area contributed by atoms with Crippen LogP contribution in [0.5, 0.6) is 5.75 Å². The Bertz CT molecular complexity index is 1400. The van der Waals surface area contributed by atoms with Crippen molar-refractivity contribution in [3.8, 4) is 5.75 Å². The molecule has 0 aliphatic carbocycles. The van der Waals surface area contributed by atoms with Gasteiger partial charge in [0.25, 0.3) is 10.0 Å². The first-order valence-corrected chi connectivity index (χ1v) is 14.5. The van der Waals surface area contributed by atoms with Crippen LogP contribution in [0, 0.1) is 6.92 Å². The summed E-state index contributed by atoms with van der Waals surface area (Å²) >= 11 is 6.36. The third-order valence-electron chi connectivity index (χ3n) is 6.28. The smallest absolute Gasteiger partial charge is 0.264 e. The van der Waals surface area contributed by atoms with Crippen LogP contribution in [0.25, 0.3) is 0 Å². The Morgan fingerprint density at radius 3 is 2.33 bits per heavy atom. The Morgan fingerprint density at radius 1 is 1.00 bits per heavy atom. The van der Waals surface area contributed by atoms with E-state index in [9.17, 15) is 18.0 Å². The fraction of sp³-hybridized carbons (Fsp3) is 0.310. The van der Waals surface area contributed by atoms with E-state index in [1.54, 1.807) is 69.5 Å². The largest absolute Gasteiger partial charge is 0.497 e. The maximum absolute atomic E-state index is 14.0. The average molecular weight is 572 g/mol. The number of anilines is 1. The molecule has 10 heteroatoms. The number of nitrogens with zero attached hydrogens (tertiary/aromatic N) is 2. The SMILES string of the molecule is CCNC(=O)[C@H](CC)N(Cc1cccc(OC)c1)C(=O)CN(c1ccc(C)c(Cl)c1)S(=O)(=O)c1ccccc1. The van der Waals surface area contributed by atoms with Gasteiger partial charge in [0, 0.05) is 18.1 Å². The number of carbonyl (C=O) groups is 2. The first-order valence-electron chi connectivity index (χ1n) is 12.7. The number of rotatable bonds is 12. The molecule has 0 saturated carbocycles. The molecule has 2 amide bonds. The van der Waals surface area contributed by atoms with Crippen LogP contribution in [0.1, 0.15) is 31.4 Å². The minimum atomic E-state index is -4.15. The van der Waals surface area contributed by atoms with Gasteiger partial charge in [0.2, 0.25) is 11.8 Å². The van der Waals surface area contributed by atoms with E-state index in [0.717, 1.165) is 15.4 Å². The van der Waals surface area contributed by atoms with Gasteiger partial charge < -0.3 is 15.0 Å². The third kappa shape index (κ3) is 7.30. The van der Waals surface area contributed by atoms with Gasteiger partial charge in [-0.2, -0.15) is 0 Å². The van der Waals surface area contributed by atoms with E-state index in [1.165, 1.54) is 23.1 Å². The third-order valence-corrected chi connectivity index (χ3v) is 8.47. The molecule has 0 aromatic heterocycles. The molecule has 0 radical (unpaired) electrons. The second-order valence-corrected chi connectivity index (χ2v) is 11.2. The summed E-state index contributed by atoms with van der Waals surface area (Å²) in [7, 11) is -2.61. The monoisotopic (exact) mass is 571 g/mol. The van der Waals surface area contributed by atoms with E-state index in [0.29, 0.717) is 23.7 Å². The number of hydrogen-bond acceptors (Lipinski definition) is 5. The topological polar surface area (TPSA) is 96.0 Å². The van der Waals surface area contributed by atoms with Crippen molar-refractivity contribution in [2.75, 3.05) is 24.5 Å². The first kappa shape index (κ1) is 30.0. The predicted molar refractivity (Wildman–Crippen MR) is 153 cm³/mol. The summed E-state index contributed by atoms with van der Waals surface area (Å²) in [5.41, 5.74) is 1.75. The zero-order valence-electron chi connectivity index (χ0n) is 22.6. The van der Waals surface area contributed by atoms with Crippen LogP contribution in [-0.4, -0.2) is 51.4 Å². The van der Waals surface area contributed by atoms with Crippen LogP contribution < -0.4 is 14.4 Å². The van der Waals surface area contributed by atoms with Crippen molar-refractivity contribution in [2.45, 2.75) is 44.7 Å². The molecule has 0 bridgehead atoms.